The SMILES string of the molecule is CCC(=NC)C(CCCCc1ccc(C)cc1)=NC.ClCCl. The Bertz CT molecular complexity index is 451. The van der Waals surface area contributed by atoms with E-state index in [9.17, 15) is 0 Å². The van der Waals surface area contributed by atoms with Crippen LogP contribution in [0.15, 0.2) is 34.3 Å². The largest absolute Gasteiger partial charge is 0.291 e. The maximum atomic E-state index is 4.76. The van der Waals surface area contributed by atoms with Crippen molar-refractivity contribution < 1.29 is 0 Å². The van der Waals surface area contributed by atoms with Gasteiger partial charge in [0.25, 0.3) is 0 Å². The number of unbranched alkanes of at least 4 members (excludes halogenated alkanes) is 1. The Morgan fingerprint density at radius 2 is 1.50 bits per heavy atom. The lowest BCUT2D eigenvalue weighted by molar-refractivity contribution is 0.762. The first-order valence-electron chi connectivity index (χ1n) is 7.72. The van der Waals surface area contributed by atoms with Gasteiger partial charge in [0.15, 0.2) is 0 Å². The Morgan fingerprint density at radius 3 is 1.95 bits per heavy atom. The third-order valence-electron chi connectivity index (χ3n) is 3.46. The smallest absolute Gasteiger partial charge is 0.0967 e. The summed E-state index contributed by atoms with van der Waals surface area (Å²) >= 11 is 9.53. The van der Waals surface area contributed by atoms with Crippen molar-refractivity contribution in [3.05, 3.63) is 35.4 Å². The average molecular weight is 343 g/mol. The molecule has 22 heavy (non-hydrogen) atoms. The van der Waals surface area contributed by atoms with Crippen molar-refractivity contribution in [1.29, 1.82) is 0 Å². The Labute approximate surface area is 145 Å². The van der Waals surface area contributed by atoms with E-state index in [1.165, 1.54) is 29.7 Å². The fourth-order valence-electron chi connectivity index (χ4n) is 2.25. The lowest BCUT2D eigenvalue weighted by Crippen LogP contribution is -2.13. The molecule has 0 saturated carbocycles. The van der Waals surface area contributed by atoms with Crippen molar-refractivity contribution >= 4 is 34.6 Å². The van der Waals surface area contributed by atoms with E-state index in [0.717, 1.165) is 25.0 Å². The van der Waals surface area contributed by atoms with Gasteiger partial charge in [0, 0.05) is 14.1 Å². The topological polar surface area (TPSA) is 24.7 Å². The van der Waals surface area contributed by atoms with Crippen molar-refractivity contribution in [2.24, 2.45) is 9.98 Å². The summed E-state index contributed by atoms with van der Waals surface area (Å²) in [5.74, 6) is 0. The van der Waals surface area contributed by atoms with Gasteiger partial charge >= 0.3 is 0 Å². The van der Waals surface area contributed by atoms with Crippen molar-refractivity contribution in [1.82, 2.24) is 0 Å². The van der Waals surface area contributed by atoms with Gasteiger partial charge in [-0.25, -0.2) is 0 Å². The third kappa shape index (κ3) is 9.22. The molecule has 0 heterocycles. The van der Waals surface area contributed by atoms with Crippen LogP contribution in [0.2, 0.25) is 0 Å². The minimum Gasteiger partial charge on any atom is -0.291 e. The minimum absolute atomic E-state index is 0.194. The van der Waals surface area contributed by atoms with E-state index in [2.05, 4.69) is 48.1 Å². The molecule has 124 valence electrons. The summed E-state index contributed by atoms with van der Waals surface area (Å²) < 4.78 is 0. The molecule has 0 atom stereocenters. The van der Waals surface area contributed by atoms with Gasteiger partial charge in [-0.2, -0.15) is 0 Å². The summed E-state index contributed by atoms with van der Waals surface area (Å²) in [4.78, 5) is 8.68. The monoisotopic (exact) mass is 342 g/mol. The van der Waals surface area contributed by atoms with Crippen LogP contribution in [0, 0.1) is 6.92 Å². The summed E-state index contributed by atoms with van der Waals surface area (Å²) in [7, 11) is 3.73. The highest BCUT2D eigenvalue weighted by Crippen LogP contribution is 2.09. The number of rotatable bonds is 7. The molecule has 0 saturated heterocycles. The lowest BCUT2D eigenvalue weighted by atomic mass is 10.0. The number of halogens is 2. The average Bonchev–Trinajstić information content (AvgIpc) is 2.53. The van der Waals surface area contributed by atoms with Crippen LogP contribution in [0.25, 0.3) is 0 Å². The molecule has 0 unspecified atom stereocenters. The molecule has 1 aromatic carbocycles. The molecule has 0 aromatic heterocycles. The van der Waals surface area contributed by atoms with Crippen molar-refractivity contribution in [3.63, 3.8) is 0 Å². The van der Waals surface area contributed by atoms with Gasteiger partial charge in [-0.05, 0) is 44.6 Å². The zero-order valence-electron chi connectivity index (χ0n) is 14.2. The number of aryl methyl sites for hydroxylation is 2. The molecule has 0 amide bonds. The van der Waals surface area contributed by atoms with Crippen LogP contribution in [0.1, 0.15) is 43.7 Å². The molecule has 0 bridgehead atoms. The Kier molecular flexibility index (Phi) is 13.2. The molecule has 0 fully saturated rings. The number of benzene rings is 1. The predicted molar refractivity (Wildman–Crippen MR) is 102 cm³/mol. The van der Waals surface area contributed by atoms with Crippen molar-refractivity contribution in [3.8, 4) is 0 Å². The number of alkyl halides is 2. The summed E-state index contributed by atoms with van der Waals surface area (Å²) in [6, 6.07) is 8.84. The summed E-state index contributed by atoms with van der Waals surface area (Å²) in [6.45, 7) is 4.27. The van der Waals surface area contributed by atoms with E-state index in [0.29, 0.717) is 0 Å². The first-order valence-corrected chi connectivity index (χ1v) is 8.78. The Balaban J connectivity index is 0.00000135. The fraction of sp³-hybridized carbons (Fsp3) is 0.556. The van der Waals surface area contributed by atoms with E-state index in [4.69, 9.17) is 23.2 Å². The van der Waals surface area contributed by atoms with Gasteiger partial charge in [-0.3, -0.25) is 9.98 Å². The maximum Gasteiger partial charge on any atom is 0.0967 e. The van der Waals surface area contributed by atoms with E-state index in [1.807, 2.05) is 14.1 Å². The Hall–Kier alpha value is -0.860. The third-order valence-corrected chi connectivity index (χ3v) is 3.46. The molecule has 0 N–H and O–H groups in total. The molecule has 0 spiro atoms. The molecule has 0 aliphatic heterocycles. The quantitative estimate of drug-likeness (QED) is 0.346. The number of nitrogens with zero attached hydrogens (tertiary/aromatic N) is 2. The molecular weight excluding hydrogens is 315 g/mol. The zero-order chi connectivity index (χ0) is 16.8. The van der Waals surface area contributed by atoms with Crippen LogP contribution < -0.4 is 0 Å². The van der Waals surface area contributed by atoms with Gasteiger partial charge in [0.1, 0.15) is 0 Å². The molecule has 1 rings (SSSR count). The van der Waals surface area contributed by atoms with Gasteiger partial charge in [0.2, 0.25) is 0 Å². The highest BCUT2D eigenvalue weighted by molar-refractivity contribution is 6.42. The van der Waals surface area contributed by atoms with Crippen LogP contribution in [-0.2, 0) is 6.42 Å². The second kappa shape index (κ2) is 13.8. The van der Waals surface area contributed by atoms with E-state index >= 15 is 0 Å². The highest BCUT2D eigenvalue weighted by atomic mass is 35.5. The zero-order valence-corrected chi connectivity index (χ0v) is 15.7. The summed E-state index contributed by atoms with van der Waals surface area (Å²) in [5.41, 5.74) is 5.09. The molecule has 0 aliphatic rings. The molecule has 0 radical (unpaired) electrons. The molecule has 0 aliphatic carbocycles. The van der Waals surface area contributed by atoms with Gasteiger partial charge < -0.3 is 0 Å². The first kappa shape index (κ1) is 21.1. The molecular formula is C18H28Cl2N2. The Morgan fingerprint density at radius 1 is 0.955 bits per heavy atom. The van der Waals surface area contributed by atoms with Crippen LogP contribution >= 0.6 is 23.2 Å². The van der Waals surface area contributed by atoms with Crippen molar-refractivity contribution in [2.75, 3.05) is 19.4 Å². The fourth-order valence-corrected chi connectivity index (χ4v) is 2.25. The van der Waals surface area contributed by atoms with Crippen LogP contribution in [0.5, 0.6) is 0 Å². The van der Waals surface area contributed by atoms with E-state index < -0.39 is 0 Å². The second-order valence-corrected chi connectivity index (χ2v) is 5.80. The molecule has 1 aromatic rings. The van der Waals surface area contributed by atoms with Gasteiger partial charge in [-0.15, -0.1) is 23.2 Å². The maximum absolute atomic E-state index is 4.76. The summed E-state index contributed by atoms with van der Waals surface area (Å²) in [6.07, 6.45) is 5.56. The van der Waals surface area contributed by atoms with E-state index in [1.54, 1.807) is 0 Å². The lowest BCUT2D eigenvalue weighted by Gasteiger charge is -2.07. The van der Waals surface area contributed by atoms with Crippen LogP contribution in [-0.4, -0.2) is 30.9 Å². The number of aliphatic imine (C=N–C) groups is 2. The summed E-state index contributed by atoms with van der Waals surface area (Å²) in [5, 5.41) is 0.194. The van der Waals surface area contributed by atoms with Crippen molar-refractivity contribution in [2.45, 2.75) is 46.0 Å². The van der Waals surface area contributed by atoms with Gasteiger partial charge in [0.05, 0.1) is 16.8 Å². The number of hydrogen-bond donors (Lipinski definition) is 0. The standard InChI is InChI=1S/C17H26N2.CH2Cl2/c1-5-16(18-3)17(19-4)9-7-6-8-15-12-10-14(2)11-13-15;2-1-3/h10-13H,5-9H2,1-4H3;1H2. The van der Waals surface area contributed by atoms with Crippen LogP contribution in [0.4, 0.5) is 0 Å². The normalized spacial score (nSPS) is 11.9. The number of hydrogen-bond acceptors (Lipinski definition) is 2. The van der Waals surface area contributed by atoms with E-state index in [-0.39, 0.29) is 5.34 Å². The second-order valence-electron chi connectivity index (χ2n) is 4.99. The first-order chi connectivity index (χ1) is 10.6. The highest BCUT2D eigenvalue weighted by Gasteiger charge is 2.05. The predicted octanol–water partition coefficient (Wildman–Crippen LogP) is 5.68. The van der Waals surface area contributed by atoms with Gasteiger partial charge in [-0.1, -0.05) is 36.8 Å². The van der Waals surface area contributed by atoms with Crippen LogP contribution in [0.3, 0.4) is 0 Å². The minimum atomic E-state index is 0.194. The molecule has 2 nitrogen and oxygen atoms in total. The molecule has 4 heteroatoms.